The molecule has 3 rings (SSSR count). The number of carbonyl (C=O) groups excluding carboxylic acids is 1. The third-order valence-electron chi connectivity index (χ3n) is 3.17. The van der Waals surface area contributed by atoms with Crippen molar-refractivity contribution >= 4 is 17.5 Å². The molecule has 2 aromatic rings. The highest BCUT2D eigenvalue weighted by Crippen LogP contribution is 2.29. The fourth-order valence-corrected chi connectivity index (χ4v) is 2.49. The monoisotopic (exact) mass is 272 g/mol. The molecular formula is C13H9ClN4O. The summed E-state index contributed by atoms with van der Waals surface area (Å²) in [6.45, 7) is 0.326. The second-order valence-electron chi connectivity index (χ2n) is 4.32. The lowest BCUT2D eigenvalue weighted by atomic mass is 10.1. The summed E-state index contributed by atoms with van der Waals surface area (Å²) in [5.74, 6) is -0.159. The molecular weight excluding hydrogens is 264 g/mol. The van der Waals surface area contributed by atoms with Crippen LogP contribution in [-0.2, 0) is 6.54 Å². The molecule has 0 unspecified atom stereocenters. The van der Waals surface area contributed by atoms with Gasteiger partial charge in [0.15, 0.2) is 5.69 Å². The Labute approximate surface area is 114 Å². The maximum Gasteiger partial charge on any atom is 0.257 e. The number of hydrogen-bond donors (Lipinski definition) is 0. The minimum atomic E-state index is -0.159. The molecule has 2 heterocycles. The van der Waals surface area contributed by atoms with Gasteiger partial charge in [-0.25, -0.2) is 4.98 Å². The number of halogens is 1. The van der Waals surface area contributed by atoms with E-state index >= 15 is 0 Å². The summed E-state index contributed by atoms with van der Waals surface area (Å²) >= 11 is 6.14. The molecule has 0 radical (unpaired) electrons. The molecule has 1 aliphatic heterocycles. The molecule has 1 aromatic carbocycles. The van der Waals surface area contributed by atoms with E-state index in [2.05, 4.69) is 4.98 Å². The van der Waals surface area contributed by atoms with Gasteiger partial charge in [0.2, 0.25) is 0 Å². The van der Waals surface area contributed by atoms with Crippen molar-refractivity contribution in [3.05, 3.63) is 46.5 Å². The molecule has 0 bridgehead atoms. The van der Waals surface area contributed by atoms with Crippen LogP contribution < -0.4 is 0 Å². The predicted molar refractivity (Wildman–Crippen MR) is 69.1 cm³/mol. The van der Waals surface area contributed by atoms with E-state index in [-0.39, 0.29) is 5.91 Å². The van der Waals surface area contributed by atoms with Gasteiger partial charge in [0.05, 0.1) is 28.5 Å². The number of nitrogens with zero attached hydrogens (tertiary/aromatic N) is 4. The van der Waals surface area contributed by atoms with Crippen molar-refractivity contribution in [1.82, 2.24) is 14.5 Å². The standard InChI is InChI=1S/C13H9ClN4O/c1-17-6-11-9(5-15)16-7-18(11)10-4-2-3-8(14)12(10)13(17)19/h2-4,7H,6H2,1H3. The van der Waals surface area contributed by atoms with Gasteiger partial charge in [0.1, 0.15) is 12.4 Å². The lowest BCUT2D eigenvalue weighted by Gasteiger charge is -2.14. The van der Waals surface area contributed by atoms with Gasteiger partial charge < -0.3 is 4.90 Å². The van der Waals surface area contributed by atoms with Crippen LogP contribution in [0.5, 0.6) is 0 Å². The number of aromatic nitrogens is 2. The van der Waals surface area contributed by atoms with Gasteiger partial charge in [0.25, 0.3) is 5.91 Å². The van der Waals surface area contributed by atoms with Crippen molar-refractivity contribution in [1.29, 1.82) is 5.26 Å². The quantitative estimate of drug-likeness (QED) is 0.737. The number of hydrogen-bond acceptors (Lipinski definition) is 3. The summed E-state index contributed by atoms with van der Waals surface area (Å²) in [5.41, 5.74) is 2.12. The molecule has 6 heteroatoms. The van der Waals surface area contributed by atoms with E-state index in [1.165, 1.54) is 4.90 Å². The van der Waals surface area contributed by atoms with E-state index in [9.17, 15) is 4.79 Å². The number of carbonyl (C=O) groups is 1. The summed E-state index contributed by atoms with van der Waals surface area (Å²) in [4.78, 5) is 17.9. The smallest absolute Gasteiger partial charge is 0.257 e. The van der Waals surface area contributed by atoms with Crippen LogP contribution in [0, 0.1) is 11.3 Å². The Morgan fingerprint density at radius 3 is 3.00 bits per heavy atom. The molecule has 1 aliphatic rings. The highest BCUT2D eigenvalue weighted by atomic mass is 35.5. The largest absolute Gasteiger partial charge is 0.336 e. The van der Waals surface area contributed by atoms with Crippen LogP contribution in [0.3, 0.4) is 0 Å². The molecule has 0 fully saturated rings. The first kappa shape index (κ1) is 11.8. The SMILES string of the molecule is CN1Cc2c(C#N)ncn2-c2cccc(Cl)c2C1=O. The molecule has 0 spiro atoms. The van der Waals surface area contributed by atoms with Crippen molar-refractivity contribution in [2.24, 2.45) is 0 Å². The zero-order valence-corrected chi connectivity index (χ0v) is 10.8. The van der Waals surface area contributed by atoms with Crippen LogP contribution in [0.4, 0.5) is 0 Å². The van der Waals surface area contributed by atoms with Gasteiger partial charge in [-0.1, -0.05) is 17.7 Å². The molecule has 0 aliphatic carbocycles. The van der Waals surface area contributed by atoms with Crippen LogP contribution in [-0.4, -0.2) is 27.4 Å². The number of imidazole rings is 1. The molecule has 0 saturated carbocycles. The van der Waals surface area contributed by atoms with E-state index in [1.807, 2.05) is 6.07 Å². The fourth-order valence-electron chi connectivity index (χ4n) is 2.24. The minimum absolute atomic E-state index is 0.159. The van der Waals surface area contributed by atoms with Crippen molar-refractivity contribution < 1.29 is 4.79 Å². The van der Waals surface area contributed by atoms with E-state index in [0.717, 1.165) is 0 Å². The van der Waals surface area contributed by atoms with Crippen LogP contribution in [0.1, 0.15) is 21.7 Å². The predicted octanol–water partition coefficient (Wildman–Crippen LogP) is 1.98. The van der Waals surface area contributed by atoms with Crippen LogP contribution in [0.15, 0.2) is 24.5 Å². The first-order valence-corrected chi connectivity index (χ1v) is 6.02. The summed E-state index contributed by atoms with van der Waals surface area (Å²) in [6, 6.07) is 7.29. The second kappa shape index (κ2) is 4.11. The average Bonchev–Trinajstić information content (AvgIpc) is 2.75. The molecule has 0 saturated heterocycles. The molecule has 0 N–H and O–H groups in total. The lowest BCUT2D eigenvalue weighted by molar-refractivity contribution is 0.0788. The van der Waals surface area contributed by atoms with Gasteiger partial charge >= 0.3 is 0 Å². The summed E-state index contributed by atoms with van der Waals surface area (Å²) < 4.78 is 1.75. The molecule has 5 nitrogen and oxygen atoms in total. The number of amides is 1. The van der Waals surface area contributed by atoms with Crippen molar-refractivity contribution in [3.8, 4) is 11.8 Å². The van der Waals surface area contributed by atoms with Gasteiger partial charge in [-0.15, -0.1) is 0 Å². The topological polar surface area (TPSA) is 61.9 Å². The number of fused-ring (bicyclic) bond motifs is 3. The normalized spacial score (nSPS) is 13.5. The Balaban J connectivity index is 2.37. The van der Waals surface area contributed by atoms with E-state index < -0.39 is 0 Å². The highest BCUT2D eigenvalue weighted by molar-refractivity contribution is 6.34. The summed E-state index contributed by atoms with van der Waals surface area (Å²) in [5, 5.41) is 9.47. The maximum absolute atomic E-state index is 12.3. The lowest BCUT2D eigenvalue weighted by Crippen LogP contribution is -2.25. The Kier molecular flexibility index (Phi) is 2.54. The van der Waals surface area contributed by atoms with E-state index in [0.29, 0.717) is 34.2 Å². The second-order valence-corrected chi connectivity index (χ2v) is 4.72. The van der Waals surface area contributed by atoms with E-state index in [1.54, 1.807) is 36.1 Å². The minimum Gasteiger partial charge on any atom is -0.336 e. The van der Waals surface area contributed by atoms with Crippen LogP contribution in [0.2, 0.25) is 5.02 Å². The molecule has 1 amide bonds. The van der Waals surface area contributed by atoms with E-state index in [4.69, 9.17) is 16.9 Å². The van der Waals surface area contributed by atoms with Gasteiger partial charge in [0, 0.05) is 7.05 Å². The Morgan fingerprint density at radius 1 is 1.47 bits per heavy atom. The average molecular weight is 273 g/mol. The molecule has 19 heavy (non-hydrogen) atoms. The Bertz CT molecular complexity index is 729. The Morgan fingerprint density at radius 2 is 2.26 bits per heavy atom. The van der Waals surface area contributed by atoms with Crippen molar-refractivity contribution in [2.45, 2.75) is 6.54 Å². The maximum atomic E-state index is 12.3. The molecule has 1 aromatic heterocycles. The van der Waals surface area contributed by atoms with Gasteiger partial charge in [-0.3, -0.25) is 9.36 Å². The highest BCUT2D eigenvalue weighted by Gasteiger charge is 2.27. The number of rotatable bonds is 0. The summed E-state index contributed by atoms with van der Waals surface area (Å²) in [6.07, 6.45) is 1.55. The number of benzene rings is 1. The number of nitriles is 1. The zero-order valence-electron chi connectivity index (χ0n) is 10.1. The van der Waals surface area contributed by atoms with Crippen LogP contribution >= 0.6 is 11.6 Å². The van der Waals surface area contributed by atoms with Gasteiger partial charge in [-0.05, 0) is 12.1 Å². The first-order valence-electron chi connectivity index (χ1n) is 5.64. The third kappa shape index (κ3) is 1.61. The van der Waals surface area contributed by atoms with Gasteiger partial charge in [-0.2, -0.15) is 5.26 Å². The summed E-state index contributed by atoms with van der Waals surface area (Å²) in [7, 11) is 1.68. The third-order valence-corrected chi connectivity index (χ3v) is 3.49. The van der Waals surface area contributed by atoms with Crippen molar-refractivity contribution in [2.75, 3.05) is 7.05 Å². The zero-order chi connectivity index (χ0) is 13.6. The first-order chi connectivity index (χ1) is 9.13. The molecule has 0 atom stereocenters. The Hall–Kier alpha value is -2.32. The van der Waals surface area contributed by atoms with Crippen LogP contribution in [0.25, 0.3) is 5.69 Å². The van der Waals surface area contributed by atoms with Crippen molar-refractivity contribution in [3.63, 3.8) is 0 Å². The molecule has 94 valence electrons. The fraction of sp³-hybridized carbons (Fsp3) is 0.154.